The minimum absolute atomic E-state index is 0.362. The van der Waals surface area contributed by atoms with Crippen molar-refractivity contribution in [1.29, 1.82) is 0 Å². The number of aromatic nitrogens is 3. The zero-order valence-electron chi connectivity index (χ0n) is 8.21. The smallest absolute Gasteiger partial charge is 0.110 e. The molecule has 0 atom stereocenters. The van der Waals surface area contributed by atoms with Gasteiger partial charge in [0.05, 0.1) is 11.9 Å². The number of hydrogen-bond acceptors (Lipinski definition) is 3. The van der Waals surface area contributed by atoms with Crippen LogP contribution in [0.3, 0.4) is 0 Å². The van der Waals surface area contributed by atoms with Gasteiger partial charge in [-0.1, -0.05) is 12.2 Å². The van der Waals surface area contributed by atoms with Crippen molar-refractivity contribution < 1.29 is 0 Å². The van der Waals surface area contributed by atoms with Crippen LogP contribution in [0.1, 0.15) is 11.4 Å². The summed E-state index contributed by atoms with van der Waals surface area (Å²) in [5, 5.41) is 0. The Kier molecular flexibility index (Phi) is 2.47. The quantitative estimate of drug-likeness (QED) is 0.770. The van der Waals surface area contributed by atoms with Crippen LogP contribution in [0, 0.1) is 6.92 Å². The molecule has 15 heavy (non-hydrogen) atoms. The van der Waals surface area contributed by atoms with Crippen molar-refractivity contribution in [2.24, 2.45) is 5.73 Å². The molecular formula is C10H10N4S. The second kappa shape index (κ2) is 3.78. The van der Waals surface area contributed by atoms with Crippen molar-refractivity contribution >= 4 is 17.2 Å². The summed E-state index contributed by atoms with van der Waals surface area (Å²) >= 11 is 4.98. The molecule has 5 heteroatoms. The number of hydrogen-bond donors (Lipinski definition) is 1. The highest BCUT2D eigenvalue weighted by Gasteiger charge is 2.08. The lowest BCUT2D eigenvalue weighted by molar-refractivity contribution is 0.962. The molecule has 0 aliphatic heterocycles. The molecule has 0 unspecified atom stereocenters. The van der Waals surface area contributed by atoms with E-state index >= 15 is 0 Å². The standard InChI is InChI=1S/C10H10N4S/c1-7-13-4-5-14(7)9-6-12-3-2-8(9)10(11)15/h2-6H,1H3,(H2,11,15). The fraction of sp³-hybridized carbons (Fsp3) is 0.100. The molecule has 0 fully saturated rings. The molecule has 0 aliphatic carbocycles. The maximum absolute atomic E-state index is 5.64. The van der Waals surface area contributed by atoms with Crippen molar-refractivity contribution in [2.45, 2.75) is 6.92 Å². The molecule has 2 N–H and O–H groups in total. The van der Waals surface area contributed by atoms with Crippen LogP contribution in [-0.4, -0.2) is 19.5 Å². The maximum Gasteiger partial charge on any atom is 0.110 e. The largest absolute Gasteiger partial charge is 0.389 e. The van der Waals surface area contributed by atoms with Crippen molar-refractivity contribution in [3.8, 4) is 5.69 Å². The Morgan fingerprint density at radius 1 is 1.47 bits per heavy atom. The van der Waals surface area contributed by atoms with Crippen LogP contribution in [0.2, 0.25) is 0 Å². The van der Waals surface area contributed by atoms with E-state index < -0.39 is 0 Å². The molecule has 2 heterocycles. The van der Waals surface area contributed by atoms with Crippen LogP contribution in [0.5, 0.6) is 0 Å². The average Bonchev–Trinajstić information content (AvgIpc) is 2.64. The number of nitrogens with zero attached hydrogens (tertiary/aromatic N) is 3. The van der Waals surface area contributed by atoms with Crippen LogP contribution in [0.15, 0.2) is 30.9 Å². The lowest BCUT2D eigenvalue weighted by Crippen LogP contribution is -2.13. The first-order valence-electron chi connectivity index (χ1n) is 4.44. The van der Waals surface area contributed by atoms with E-state index in [-0.39, 0.29) is 0 Å². The Morgan fingerprint density at radius 3 is 2.87 bits per heavy atom. The van der Waals surface area contributed by atoms with Crippen molar-refractivity contribution in [1.82, 2.24) is 14.5 Å². The zero-order valence-corrected chi connectivity index (χ0v) is 9.03. The van der Waals surface area contributed by atoms with Gasteiger partial charge in [0.1, 0.15) is 10.8 Å². The Balaban J connectivity index is 2.63. The second-order valence-corrected chi connectivity index (χ2v) is 3.54. The molecule has 0 aromatic carbocycles. The van der Waals surface area contributed by atoms with Gasteiger partial charge in [0.2, 0.25) is 0 Å². The Bertz CT molecular complexity index is 504. The Labute approximate surface area is 92.8 Å². The van der Waals surface area contributed by atoms with E-state index in [0.29, 0.717) is 4.99 Å². The van der Waals surface area contributed by atoms with Crippen LogP contribution in [-0.2, 0) is 0 Å². The lowest BCUT2D eigenvalue weighted by Gasteiger charge is -2.09. The minimum Gasteiger partial charge on any atom is -0.389 e. The molecular weight excluding hydrogens is 208 g/mol. The van der Waals surface area contributed by atoms with Crippen molar-refractivity contribution in [3.05, 3.63) is 42.2 Å². The van der Waals surface area contributed by atoms with Gasteiger partial charge in [-0.3, -0.25) is 4.98 Å². The molecule has 2 aromatic heterocycles. The third kappa shape index (κ3) is 1.73. The number of nitrogens with two attached hydrogens (primary N) is 1. The zero-order chi connectivity index (χ0) is 10.8. The summed E-state index contributed by atoms with van der Waals surface area (Å²) in [6.45, 7) is 1.91. The number of aryl methyl sites for hydroxylation is 1. The predicted octanol–water partition coefficient (Wildman–Crippen LogP) is 1.21. The predicted molar refractivity (Wildman–Crippen MR) is 62.0 cm³/mol. The summed E-state index contributed by atoms with van der Waals surface area (Å²) in [5.74, 6) is 0.875. The number of pyridine rings is 1. The molecule has 0 amide bonds. The number of thiocarbonyl (C=S) groups is 1. The third-order valence-corrected chi connectivity index (χ3v) is 2.37. The Hall–Kier alpha value is -1.75. The highest BCUT2D eigenvalue weighted by Crippen LogP contribution is 2.14. The molecule has 0 aliphatic rings. The molecule has 0 bridgehead atoms. The molecule has 2 rings (SSSR count). The van der Waals surface area contributed by atoms with Crippen molar-refractivity contribution in [2.75, 3.05) is 0 Å². The van der Waals surface area contributed by atoms with Gasteiger partial charge in [-0.25, -0.2) is 4.98 Å². The summed E-state index contributed by atoms with van der Waals surface area (Å²) in [5.41, 5.74) is 7.31. The fourth-order valence-corrected chi connectivity index (χ4v) is 1.59. The lowest BCUT2D eigenvalue weighted by atomic mass is 10.2. The van der Waals surface area contributed by atoms with Gasteiger partial charge in [0.25, 0.3) is 0 Å². The SMILES string of the molecule is Cc1nccn1-c1cnccc1C(N)=S. The van der Waals surface area contributed by atoms with Gasteiger partial charge < -0.3 is 10.3 Å². The number of rotatable bonds is 2. The highest BCUT2D eigenvalue weighted by atomic mass is 32.1. The van der Waals surface area contributed by atoms with E-state index in [1.54, 1.807) is 24.7 Å². The van der Waals surface area contributed by atoms with Crippen molar-refractivity contribution in [3.63, 3.8) is 0 Å². The molecule has 0 saturated heterocycles. The van der Waals surface area contributed by atoms with E-state index in [1.807, 2.05) is 17.7 Å². The highest BCUT2D eigenvalue weighted by molar-refractivity contribution is 7.80. The summed E-state index contributed by atoms with van der Waals surface area (Å²) in [4.78, 5) is 8.57. The Morgan fingerprint density at radius 2 is 2.27 bits per heavy atom. The molecule has 76 valence electrons. The maximum atomic E-state index is 5.64. The van der Waals surface area contributed by atoms with E-state index in [1.165, 1.54) is 0 Å². The molecule has 0 radical (unpaired) electrons. The molecule has 0 spiro atoms. The second-order valence-electron chi connectivity index (χ2n) is 3.10. The van der Waals surface area contributed by atoms with Crippen LogP contribution in [0.25, 0.3) is 5.69 Å². The van der Waals surface area contributed by atoms with E-state index in [0.717, 1.165) is 17.1 Å². The van der Waals surface area contributed by atoms with Crippen LogP contribution in [0.4, 0.5) is 0 Å². The van der Waals surface area contributed by atoms with E-state index in [4.69, 9.17) is 18.0 Å². The van der Waals surface area contributed by atoms with Gasteiger partial charge in [-0.15, -0.1) is 0 Å². The van der Waals surface area contributed by atoms with E-state index in [9.17, 15) is 0 Å². The van der Waals surface area contributed by atoms with E-state index in [2.05, 4.69) is 9.97 Å². The number of imidazole rings is 1. The van der Waals surface area contributed by atoms with Gasteiger partial charge in [0, 0.05) is 24.2 Å². The fourth-order valence-electron chi connectivity index (χ4n) is 1.42. The van der Waals surface area contributed by atoms with Gasteiger partial charge in [-0.2, -0.15) is 0 Å². The molecule has 2 aromatic rings. The summed E-state index contributed by atoms with van der Waals surface area (Å²) < 4.78 is 1.90. The third-order valence-electron chi connectivity index (χ3n) is 2.15. The average molecular weight is 218 g/mol. The first-order chi connectivity index (χ1) is 7.20. The summed E-state index contributed by atoms with van der Waals surface area (Å²) in [6, 6.07) is 1.80. The summed E-state index contributed by atoms with van der Waals surface area (Å²) in [6.07, 6.45) is 6.98. The topological polar surface area (TPSA) is 56.7 Å². The first kappa shape index (κ1) is 9.79. The molecule has 4 nitrogen and oxygen atoms in total. The van der Waals surface area contributed by atoms with Gasteiger partial charge in [0.15, 0.2) is 0 Å². The van der Waals surface area contributed by atoms with Crippen LogP contribution < -0.4 is 5.73 Å². The summed E-state index contributed by atoms with van der Waals surface area (Å²) in [7, 11) is 0. The normalized spacial score (nSPS) is 10.2. The minimum atomic E-state index is 0.362. The first-order valence-corrected chi connectivity index (χ1v) is 4.85. The monoisotopic (exact) mass is 218 g/mol. The molecule has 0 saturated carbocycles. The van der Waals surface area contributed by atoms with Gasteiger partial charge in [-0.05, 0) is 13.0 Å². The van der Waals surface area contributed by atoms with Crippen LogP contribution >= 0.6 is 12.2 Å². The van der Waals surface area contributed by atoms with Gasteiger partial charge >= 0.3 is 0 Å².